The predicted molar refractivity (Wildman–Crippen MR) is 103 cm³/mol. The Morgan fingerprint density at radius 3 is 2.04 bits per heavy atom. The van der Waals surface area contributed by atoms with Gasteiger partial charge in [-0.3, -0.25) is 4.79 Å². The van der Waals surface area contributed by atoms with Crippen LogP contribution in [-0.2, 0) is 9.22 Å². The van der Waals surface area contributed by atoms with E-state index in [1.165, 1.54) is 6.92 Å². The molecule has 1 aromatic carbocycles. The maximum absolute atomic E-state index is 11.8. The molecule has 1 aromatic rings. The fourth-order valence-electron chi connectivity index (χ4n) is 2.13. The van der Waals surface area contributed by atoms with Gasteiger partial charge in [0.1, 0.15) is 11.7 Å². The summed E-state index contributed by atoms with van der Waals surface area (Å²) in [7, 11) is -2.20. The number of benzene rings is 1. The molecule has 0 saturated carbocycles. The van der Waals surface area contributed by atoms with Crippen LogP contribution < -0.4 is 0 Å². The highest BCUT2D eigenvalue weighted by atomic mass is 35.5. The first-order chi connectivity index (χ1) is 10.7. The van der Waals surface area contributed by atoms with Crippen molar-refractivity contribution in [1.82, 2.24) is 0 Å². The van der Waals surface area contributed by atoms with Crippen LogP contribution in [0, 0.1) is 0 Å². The lowest BCUT2D eigenvalue weighted by atomic mass is 9.85. The Bertz CT molecular complexity index is 612. The number of rotatable bonds is 6. The summed E-state index contributed by atoms with van der Waals surface area (Å²) in [5.41, 5.74) is -0.590. The summed E-state index contributed by atoms with van der Waals surface area (Å²) in [6.07, 6.45) is -0.688. The Balaban J connectivity index is 3.40. The van der Waals surface area contributed by atoms with Gasteiger partial charge < -0.3 is 9.53 Å². The molecule has 0 aliphatic heterocycles. The van der Waals surface area contributed by atoms with E-state index in [2.05, 4.69) is 40.4 Å². The molecule has 0 fully saturated rings. The van der Waals surface area contributed by atoms with E-state index in [1.54, 1.807) is 19.1 Å². The summed E-state index contributed by atoms with van der Waals surface area (Å²) in [6.45, 7) is 17.4. The highest BCUT2D eigenvalue weighted by molar-refractivity contribution is 6.74. The fourth-order valence-corrected chi connectivity index (χ4v) is 3.57. The van der Waals surface area contributed by atoms with Crippen LogP contribution in [0.5, 0.6) is 0 Å². The SMILES string of the molecule is C=C(C(C)=O)[C@@](C)(O)[C@@H](O[Si](C)(C)C(C)(C)C)c1ccc(Cl)cc1. The molecule has 3 nitrogen and oxygen atoms in total. The second kappa shape index (κ2) is 7.12. The van der Waals surface area contributed by atoms with Gasteiger partial charge in [0.05, 0.1) is 0 Å². The number of hydrogen-bond acceptors (Lipinski definition) is 3. The molecule has 1 N–H and O–H groups in total. The standard InChI is InChI=1S/C19H29ClO3Si/c1-13(14(2)21)19(6,22)17(15-9-11-16(20)12-10-15)23-24(7,8)18(3,4)5/h9-12,17,22H,1H2,2-8H3/t17-,19+/m0/s1. The van der Waals surface area contributed by atoms with Gasteiger partial charge in [0, 0.05) is 10.6 Å². The van der Waals surface area contributed by atoms with E-state index >= 15 is 0 Å². The van der Waals surface area contributed by atoms with Crippen molar-refractivity contribution in [3.8, 4) is 0 Å². The zero-order valence-electron chi connectivity index (χ0n) is 15.7. The number of Topliss-reactive ketones (excluding diaryl/α,β-unsaturated/α-hetero) is 1. The van der Waals surface area contributed by atoms with Crippen molar-refractivity contribution < 1.29 is 14.3 Å². The van der Waals surface area contributed by atoms with E-state index in [4.69, 9.17) is 16.0 Å². The number of carbonyl (C=O) groups excluding carboxylic acids is 1. The Hall–Kier alpha value is -0.943. The van der Waals surface area contributed by atoms with E-state index < -0.39 is 20.0 Å². The lowest BCUT2D eigenvalue weighted by molar-refractivity contribution is -0.117. The van der Waals surface area contributed by atoms with Gasteiger partial charge in [-0.1, -0.05) is 51.1 Å². The quantitative estimate of drug-likeness (QED) is 0.547. The van der Waals surface area contributed by atoms with Crippen LogP contribution in [0.15, 0.2) is 36.4 Å². The van der Waals surface area contributed by atoms with Crippen molar-refractivity contribution in [1.29, 1.82) is 0 Å². The minimum Gasteiger partial charge on any atom is -0.407 e. The van der Waals surface area contributed by atoms with Crippen LogP contribution in [0.2, 0.25) is 23.2 Å². The number of aliphatic hydroxyl groups is 1. The Labute approximate surface area is 151 Å². The van der Waals surface area contributed by atoms with Crippen LogP contribution in [0.1, 0.15) is 46.3 Å². The van der Waals surface area contributed by atoms with Gasteiger partial charge >= 0.3 is 0 Å². The number of halogens is 1. The number of carbonyl (C=O) groups is 1. The average Bonchev–Trinajstić information content (AvgIpc) is 2.43. The first-order valence-corrected chi connectivity index (χ1v) is 11.3. The molecule has 0 aliphatic rings. The molecule has 0 heterocycles. The van der Waals surface area contributed by atoms with E-state index in [-0.39, 0.29) is 16.4 Å². The van der Waals surface area contributed by atoms with E-state index in [0.717, 1.165) is 5.56 Å². The average molecular weight is 369 g/mol. The summed E-state index contributed by atoms with van der Waals surface area (Å²) in [4.78, 5) is 11.8. The molecular weight excluding hydrogens is 340 g/mol. The normalized spacial score (nSPS) is 16.4. The van der Waals surface area contributed by atoms with Gasteiger partial charge in [0.15, 0.2) is 14.1 Å². The van der Waals surface area contributed by atoms with Crippen LogP contribution in [0.25, 0.3) is 0 Å². The maximum Gasteiger partial charge on any atom is 0.193 e. The van der Waals surface area contributed by atoms with E-state index in [1.807, 2.05) is 12.1 Å². The summed E-state index contributed by atoms with van der Waals surface area (Å²) >= 11 is 5.98. The molecule has 0 spiro atoms. The third kappa shape index (κ3) is 4.57. The summed E-state index contributed by atoms with van der Waals surface area (Å²) in [5, 5.41) is 11.7. The summed E-state index contributed by atoms with van der Waals surface area (Å²) in [5.74, 6) is -0.252. The van der Waals surface area contributed by atoms with Crippen LogP contribution in [0.4, 0.5) is 0 Å². The van der Waals surface area contributed by atoms with Crippen molar-refractivity contribution in [2.75, 3.05) is 0 Å². The zero-order valence-corrected chi connectivity index (χ0v) is 17.5. The molecule has 0 saturated heterocycles. The molecule has 0 unspecified atom stereocenters. The smallest absolute Gasteiger partial charge is 0.193 e. The molecule has 0 aromatic heterocycles. The molecule has 24 heavy (non-hydrogen) atoms. The van der Waals surface area contributed by atoms with Crippen molar-refractivity contribution >= 4 is 25.7 Å². The second-order valence-corrected chi connectivity index (χ2v) is 13.2. The molecule has 0 aliphatic carbocycles. The molecule has 134 valence electrons. The molecule has 5 heteroatoms. The third-order valence-electron chi connectivity index (χ3n) is 4.94. The molecule has 0 bridgehead atoms. The Kier molecular flexibility index (Phi) is 6.26. The van der Waals surface area contributed by atoms with Crippen molar-refractivity contribution in [3.63, 3.8) is 0 Å². The first-order valence-electron chi connectivity index (χ1n) is 8.06. The van der Waals surface area contributed by atoms with Crippen LogP contribution >= 0.6 is 11.6 Å². The monoisotopic (exact) mass is 368 g/mol. The first kappa shape index (κ1) is 21.1. The van der Waals surface area contributed by atoms with Crippen molar-refractivity contribution in [2.45, 2.75) is 64.5 Å². The van der Waals surface area contributed by atoms with Gasteiger partial charge in [-0.05, 0) is 49.7 Å². The minimum absolute atomic E-state index is 0.0364. The predicted octanol–water partition coefficient (Wildman–Crippen LogP) is 5.30. The van der Waals surface area contributed by atoms with Gasteiger partial charge in [-0.15, -0.1) is 0 Å². The summed E-state index contributed by atoms with van der Waals surface area (Å²) < 4.78 is 6.50. The molecular formula is C19H29ClO3Si. The highest BCUT2D eigenvalue weighted by Gasteiger charge is 2.46. The number of hydrogen-bond donors (Lipinski definition) is 1. The number of ketones is 1. The molecule has 0 amide bonds. The van der Waals surface area contributed by atoms with Crippen LogP contribution in [0.3, 0.4) is 0 Å². The molecule has 1 rings (SSSR count). The van der Waals surface area contributed by atoms with Gasteiger partial charge in [0.25, 0.3) is 0 Å². The van der Waals surface area contributed by atoms with Crippen LogP contribution in [-0.4, -0.2) is 24.8 Å². The third-order valence-corrected chi connectivity index (χ3v) is 9.63. The maximum atomic E-state index is 11.8. The van der Waals surface area contributed by atoms with Gasteiger partial charge in [-0.25, -0.2) is 0 Å². The van der Waals surface area contributed by atoms with Gasteiger partial charge in [-0.2, -0.15) is 0 Å². The lowest BCUT2D eigenvalue weighted by Gasteiger charge is -2.44. The Morgan fingerprint density at radius 1 is 1.21 bits per heavy atom. The highest BCUT2D eigenvalue weighted by Crippen LogP contribution is 2.44. The molecule has 0 radical (unpaired) electrons. The van der Waals surface area contributed by atoms with Gasteiger partial charge in [0.2, 0.25) is 0 Å². The largest absolute Gasteiger partial charge is 0.407 e. The topological polar surface area (TPSA) is 46.5 Å². The van der Waals surface area contributed by atoms with Crippen molar-refractivity contribution in [3.05, 3.63) is 47.0 Å². The minimum atomic E-state index is -2.20. The van der Waals surface area contributed by atoms with E-state index in [9.17, 15) is 9.90 Å². The summed E-state index contributed by atoms with van der Waals surface area (Å²) in [6, 6.07) is 7.15. The van der Waals surface area contributed by atoms with E-state index in [0.29, 0.717) is 5.02 Å². The fraction of sp³-hybridized carbons (Fsp3) is 0.526. The molecule has 2 atom stereocenters. The second-order valence-electron chi connectivity index (χ2n) is 7.99. The lowest BCUT2D eigenvalue weighted by Crippen LogP contribution is -2.48. The zero-order chi connectivity index (χ0) is 18.9. The van der Waals surface area contributed by atoms with Crippen molar-refractivity contribution in [2.24, 2.45) is 0 Å². The Morgan fingerprint density at radius 2 is 1.67 bits per heavy atom.